The van der Waals surface area contributed by atoms with E-state index in [1.165, 1.54) is 12.8 Å². The van der Waals surface area contributed by atoms with Crippen molar-refractivity contribution in [1.82, 2.24) is 15.1 Å². The Kier molecular flexibility index (Phi) is 7.27. The second kappa shape index (κ2) is 10.3. The van der Waals surface area contributed by atoms with Gasteiger partial charge in [0.25, 0.3) is 5.91 Å². The molecule has 1 aromatic heterocycles. The van der Waals surface area contributed by atoms with Gasteiger partial charge in [-0.3, -0.25) is 9.89 Å². The maximum Gasteiger partial charge on any atom is 0.273 e. The van der Waals surface area contributed by atoms with E-state index in [0.29, 0.717) is 35.1 Å². The first kappa shape index (κ1) is 23.9. The van der Waals surface area contributed by atoms with Gasteiger partial charge in [-0.1, -0.05) is 56.0 Å². The molecule has 1 amide bonds. The number of phenolic OH excluding ortho intramolecular Hbond substituents is 1. The largest absolute Gasteiger partial charge is 0.507 e. The van der Waals surface area contributed by atoms with E-state index in [2.05, 4.69) is 23.7 Å². The fraction of sp³-hybridized carbons (Fsp3) is 0.333. The molecule has 7 heteroatoms. The van der Waals surface area contributed by atoms with Crippen LogP contribution in [0.5, 0.6) is 11.5 Å². The Morgan fingerprint density at radius 3 is 2.71 bits per heavy atom. The molecule has 0 saturated heterocycles. The van der Waals surface area contributed by atoms with Crippen LogP contribution < -0.4 is 4.74 Å². The number of carbonyl (C=O) groups excluding carboxylic acids is 1. The molecular formula is C27H30ClN3O3. The maximum atomic E-state index is 13.2. The summed E-state index contributed by atoms with van der Waals surface area (Å²) in [6, 6.07) is 10.7. The Morgan fingerprint density at radius 2 is 2.00 bits per heavy atom. The molecule has 4 rings (SSSR count). The summed E-state index contributed by atoms with van der Waals surface area (Å²) in [6.07, 6.45) is 6.31. The van der Waals surface area contributed by atoms with Gasteiger partial charge < -0.3 is 14.7 Å². The first-order valence-corrected chi connectivity index (χ1v) is 12.1. The number of aromatic hydroxyl groups is 1. The van der Waals surface area contributed by atoms with Crippen LogP contribution >= 0.6 is 11.6 Å². The normalized spacial score (nSPS) is 15.0. The maximum absolute atomic E-state index is 13.2. The number of halogens is 1. The summed E-state index contributed by atoms with van der Waals surface area (Å²) in [5.41, 5.74) is 3.81. The standard InChI is InChI=1S/C27H30ClN3O3/c1-4-6-7-8-14-34-19-11-9-18(10-12-19)26-23-24(20-16-21(28)17(3)15-22(20)32)29-30-25(23)27(33)31(26)13-5-2/h5,9-12,15-16,26,32H,2,4,6-8,13-14H2,1,3H3,(H,29,30). The summed E-state index contributed by atoms with van der Waals surface area (Å²) in [7, 11) is 0. The number of hydrogen-bond donors (Lipinski definition) is 2. The van der Waals surface area contributed by atoms with Gasteiger partial charge >= 0.3 is 0 Å². The van der Waals surface area contributed by atoms with Gasteiger partial charge in [-0.15, -0.1) is 6.58 Å². The van der Waals surface area contributed by atoms with Gasteiger partial charge in [0.1, 0.15) is 22.9 Å². The number of ether oxygens (including phenoxy) is 1. The van der Waals surface area contributed by atoms with Crippen LogP contribution in [0.1, 0.15) is 65.8 Å². The van der Waals surface area contributed by atoms with Gasteiger partial charge in [-0.05, 0) is 48.7 Å². The number of nitrogens with zero attached hydrogens (tertiary/aromatic N) is 2. The van der Waals surface area contributed by atoms with Crippen molar-refractivity contribution in [2.75, 3.05) is 13.2 Å². The zero-order valence-electron chi connectivity index (χ0n) is 19.6. The van der Waals surface area contributed by atoms with Gasteiger partial charge in [-0.2, -0.15) is 5.10 Å². The highest BCUT2D eigenvalue weighted by Gasteiger charge is 2.42. The SMILES string of the molecule is C=CCN1C(=O)c2[nH]nc(-c3cc(Cl)c(C)cc3O)c2C1c1ccc(OCCCCCC)cc1. The van der Waals surface area contributed by atoms with Crippen LogP contribution in [0.4, 0.5) is 0 Å². The second-order valence-corrected chi connectivity index (χ2v) is 9.01. The molecule has 1 aliphatic rings. The predicted octanol–water partition coefficient (Wildman–Crippen LogP) is 6.43. The molecule has 1 atom stereocenters. The molecule has 3 aromatic rings. The third-order valence-corrected chi connectivity index (χ3v) is 6.59. The number of aromatic amines is 1. The molecule has 0 bridgehead atoms. The molecule has 0 spiro atoms. The van der Waals surface area contributed by atoms with E-state index in [1.807, 2.05) is 31.2 Å². The van der Waals surface area contributed by atoms with Gasteiger partial charge in [0.05, 0.1) is 12.6 Å². The zero-order chi connectivity index (χ0) is 24.2. The van der Waals surface area contributed by atoms with Crippen molar-refractivity contribution in [2.45, 2.75) is 45.6 Å². The van der Waals surface area contributed by atoms with Crippen LogP contribution in [0, 0.1) is 6.92 Å². The molecule has 2 heterocycles. The van der Waals surface area contributed by atoms with E-state index in [0.717, 1.165) is 35.3 Å². The smallest absolute Gasteiger partial charge is 0.273 e. The molecule has 0 saturated carbocycles. The van der Waals surface area contributed by atoms with E-state index in [9.17, 15) is 9.90 Å². The van der Waals surface area contributed by atoms with E-state index < -0.39 is 0 Å². The summed E-state index contributed by atoms with van der Waals surface area (Å²) < 4.78 is 5.89. The topological polar surface area (TPSA) is 78.5 Å². The van der Waals surface area contributed by atoms with Gasteiger partial charge in [0.15, 0.2) is 0 Å². The van der Waals surface area contributed by atoms with Crippen molar-refractivity contribution >= 4 is 17.5 Å². The van der Waals surface area contributed by atoms with Crippen molar-refractivity contribution in [2.24, 2.45) is 0 Å². The Balaban J connectivity index is 1.68. The fourth-order valence-electron chi connectivity index (χ4n) is 4.40. The number of phenols is 1. The highest BCUT2D eigenvalue weighted by Crippen LogP contribution is 2.45. The van der Waals surface area contributed by atoms with E-state index in [-0.39, 0.29) is 17.7 Å². The van der Waals surface area contributed by atoms with Crippen molar-refractivity contribution in [3.63, 3.8) is 0 Å². The second-order valence-electron chi connectivity index (χ2n) is 8.61. The van der Waals surface area contributed by atoms with Crippen LogP contribution in [-0.2, 0) is 0 Å². The fourth-order valence-corrected chi connectivity index (χ4v) is 4.56. The summed E-state index contributed by atoms with van der Waals surface area (Å²) in [5, 5.41) is 18.4. The molecule has 2 aromatic carbocycles. The molecule has 1 aliphatic heterocycles. The van der Waals surface area contributed by atoms with Crippen LogP contribution in [0.25, 0.3) is 11.3 Å². The lowest BCUT2D eigenvalue weighted by molar-refractivity contribution is 0.0764. The molecule has 2 N–H and O–H groups in total. The summed E-state index contributed by atoms with van der Waals surface area (Å²) in [6.45, 7) is 8.90. The van der Waals surface area contributed by atoms with Crippen molar-refractivity contribution < 1.29 is 14.6 Å². The number of hydrogen-bond acceptors (Lipinski definition) is 4. The number of benzene rings is 2. The molecule has 0 aliphatic carbocycles. The minimum Gasteiger partial charge on any atom is -0.507 e. The molecule has 34 heavy (non-hydrogen) atoms. The Morgan fingerprint density at radius 1 is 1.24 bits per heavy atom. The Labute approximate surface area is 205 Å². The Bertz CT molecular complexity index is 1190. The average molecular weight is 480 g/mol. The summed E-state index contributed by atoms with van der Waals surface area (Å²) in [5.74, 6) is 0.708. The van der Waals surface area contributed by atoms with Crippen molar-refractivity contribution in [3.05, 3.63) is 76.5 Å². The van der Waals surface area contributed by atoms with Crippen molar-refractivity contribution in [1.29, 1.82) is 0 Å². The number of aromatic nitrogens is 2. The predicted molar refractivity (Wildman–Crippen MR) is 135 cm³/mol. The first-order valence-electron chi connectivity index (χ1n) is 11.7. The molecule has 6 nitrogen and oxygen atoms in total. The van der Waals surface area contributed by atoms with Crippen LogP contribution in [0.2, 0.25) is 5.02 Å². The number of amides is 1. The van der Waals surface area contributed by atoms with Crippen molar-refractivity contribution in [3.8, 4) is 22.8 Å². The monoisotopic (exact) mass is 479 g/mol. The van der Waals surface area contributed by atoms with Crippen LogP contribution in [0.3, 0.4) is 0 Å². The summed E-state index contributed by atoms with van der Waals surface area (Å²) in [4.78, 5) is 15.0. The number of carbonyl (C=O) groups is 1. The van der Waals surface area contributed by atoms with Crippen LogP contribution in [-0.4, -0.2) is 39.3 Å². The number of aryl methyl sites for hydroxylation is 1. The van der Waals surface area contributed by atoms with Gasteiger partial charge in [0, 0.05) is 22.7 Å². The number of rotatable bonds is 10. The lowest BCUT2D eigenvalue weighted by Gasteiger charge is -2.25. The van der Waals surface area contributed by atoms with Crippen LogP contribution in [0.15, 0.2) is 49.1 Å². The average Bonchev–Trinajstić information content (AvgIpc) is 3.36. The molecular weight excluding hydrogens is 450 g/mol. The van der Waals surface area contributed by atoms with E-state index in [4.69, 9.17) is 16.3 Å². The lowest BCUT2D eigenvalue weighted by atomic mass is 9.95. The first-order chi connectivity index (χ1) is 16.5. The number of nitrogens with one attached hydrogen (secondary N) is 1. The highest BCUT2D eigenvalue weighted by atomic mass is 35.5. The molecule has 1 unspecified atom stereocenters. The number of unbranched alkanes of at least 4 members (excludes halogenated alkanes) is 3. The third-order valence-electron chi connectivity index (χ3n) is 6.18. The quantitative estimate of drug-likeness (QED) is 0.259. The third kappa shape index (κ3) is 4.55. The van der Waals surface area contributed by atoms with E-state index >= 15 is 0 Å². The molecule has 178 valence electrons. The molecule has 0 fully saturated rings. The minimum atomic E-state index is -0.382. The Hall–Kier alpha value is -3.25. The van der Waals surface area contributed by atoms with Gasteiger partial charge in [0.2, 0.25) is 0 Å². The zero-order valence-corrected chi connectivity index (χ0v) is 20.4. The molecule has 0 radical (unpaired) electrons. The number of fused-ring (bicyclic) bond motifs is 1. The van der Waals surface area contributed by atoms with E-state index in [1.54, 1.807) is 23.1 Å². The number of H-pyrrole nitrogens is 1. The highest BCUT2D eigenvalue weighted by molar-refractivity contribution is 6.31. The summed E-state index contributed by atoms with van der Waals surface area (Å²) >= 11 is 6.35. The minimum absolute atomic E-state index is 0.0661. The lowest BCUT2D eigenvalue weighted by Crippen LogP contribution is -2.29. The van der Waals surface area contributed by atoms with Gasteiger partial charge in [-0.25, -0.2) is 0 Å².